The lowest BCUT2D eigenvalue weighted by Crippen LogP contribution is -2.23. The number of halogens is 3. The minimum absolute atomic E-state index is 0.258. The van der Waals surface area contributed by atoms with E-state index in [1.54, 1.807) is 24.3 Å². The summed E-state index contributed by atoms with van der Waals surface area (Å²) in [6.07, 6.45) is 3.52. The average Bonchev–Trinajstić information content (AvgIpc) is 2.27. The van der Waals surface area contributed by atoms with E-state index >= 15 is 0 Å². The van der Waals surface area contributed by atoms with Crippen LogP contribution in [0.3, 0.4) is 0 Å². The van der Waals surface area contributed by atoms with Crippen molar-refractivity contribution < 1.29 is 4.79 Å². The molecule has 1 rings (SSSR count). The Morgan fingerprint density at radius 2 is 2.06 bits per heavy atom. The highest BCUT2D eigenvalue weighted by Crippen LogP contribution is 2.20. The van der Waals surface area contributed by atoms with Crippen molar-refractivity contribution in [1.29, 1.82) is 0 Å². The van der Waals surface area contributed by atoms with Crippen LogP contribution in [0.4, 0.5) is 0 Å². The molecule has 1 N–H and O–H groups in total. The average molecular weight is 279 g/mol. The van der Waals surface area contributed by atoms with Crippen molar-refractivity contribution in [2.24, 2.45) is 0 Å². The molecule has 0 spiro atoms. The summed E-state index contributed by atoms with van der Waals surface area (Å²) < 4.78 is 0. The van der Waals surface area contributed by atoms with Crippen molar-refractivity contribution >= 4 is 40.7 Å². The summed E-state index contributed by atoms with van der Waals surface area (Å²) in [4.78, 5) is 11.7. The molecule has 2 nitrogen and oxygen atoms in total. The maximum atomic E-state index is 11.7. The first-order valence-electron chi connectivity index (χ1n) is 4.59. The van der Waals surface area contributed by atoms with Crippen molar-refractivity contribution in [2.45, 2.75) is 0 Å². The number of amides is 1. The fourth-order valence-electron chi connectivity index (χ4n) is 1.06. The van der Waals surface area contributed by atoms with Gasteiger partial charge in [0.05, 0.1) is 10.6 Å². The molecule has 0 aromatic heterocycles. The standard InChI is InChI=1S/C11H10Cl3NO/c12-5-1-2-6-15-11(16)9-7-8(13)3-4-10(9)14/h1-4,7H,5-6H2,(H,15,16)/b2-1+. The van der Waals surface area contributed by atoms with Crippen LogP contribution in [0, 0.1) is 0 Å². The number of alkyl halides is 1. The second kappa shape index (κ2) is 6.79. The molecular formula is C11H10Cl3NO. The summed E-state index contributed by atoms with van der Waals surface area (Å²) in [5.74, 6) is 0.167. The van der Waals surface area contributed by atoms with Crippen LogP contribution >= 0.6 is 34.8 Å². The largest absolute Gasteiger partial charge is 0.349 e. The van der Waals surface area contributed by atoms with Gasteiger partial charge in [0.2, 0.25) is 0 Å². The molecule has 0 aliphatic carbocycles. The van der Waals surface area contributed by atoms with Crippen molar-refractivity contribution in [1.82, 2.24) is 5.32 Å². The first-order valence-corrected chi connectivity index (χ1v) is 5.88. The number of carbonyl (C=O) groups is 1. The van der Waals surface area contributed by atoms with Gasteiger partial charge in [-0.1, -0.05) is 35.4 Å². The summed E-state index contributed by atoms with van der Waals surface area (Å²) in [6, 6.07) is 4.76. The first kappa shape index (κ1) is 13.4. The van der Waals surface area contributed by atoms with E-state index in [9.17, 15) is 4.79 Å². The highest BCUT2D eigenvalue weighted by atomic mass is 35.5. The van der Waals surface area contributed by atoms with Gasteiger partial charge in [-0.3, -0.25) is 4.79 Å². The van der Waals surface area contributed by atoms with E-state index < -0.39 is 0 Å². The van der Waals surface area contributed by atoms with E-state index in [2.05, 4.69) is 5.32 Å². The maximum Gasteiger partial charge on any atom is 0.253 e. The molecule has 0 atom stereocenters. The summed E-state index contributed by atoms with van der Waals surface area (Å²) in [7, 11) is 0. The van der Waals surface area contributed by atoms with Gasteiger partial charge in [0.25, 0.3) is 5.91 Å². The highest BCUT2D eigenvalue weighted by Gasteiger charge is 2.09. The first-order chi connectivity index (χ1) is 7.65. The number of benzene rings is 1. The molecule has 1 aromatic rings. The number of nitrogens with one attached hydrogen (secondary N) is 1. The number of hydrogen-bond donors (Lipinski definition) is 1. The molecule has 0 saturated heterocycles. The van der Waals surface area contributed by atoms with E-state index in [1.807, 2.05) is 0 Å². The van der Waals surface area contributed by atoms with Gasteiger partial charge in [0, 0.05) is 17.4 Å². The minimum Gasteiger partial charge on any atom is -0.349 e. The Morgan fingerprint density at radius 3 is 2.75 bits per heavy atom. The number of rotatable bonds is 4. The number of hydrogen-bond acceptors (Lipinski definition) is 1. The quantitative estimate of drug-likeness (QED) is 0.663. The SMILES string of the molecule is O=C(NC/C=C/CCl)c1cc(Cl)ccc1Cl. The molecule has 0 saturated carbocycles. The molecule has 5 heteroatoms. The van der Waals surface area contributed by atoms with Crippen LogP contribution in [0.1, 0.15) is 10.4 Å². The second-order valence-electron chi connectivity index (χ2n) is 2.96. The summed E-state index contributed by atoms with van der Waals surface area (Å²) in [5.41, 5.74) is 0.369. The van der Waals surface area contributed by atoms with Gasteiger partial charge in [-0.05, 0) is 18.2 Å². The Balaban J connectivity index is 2.65. The van der Waals surface area contributed by atoms with E-state index in [0.29, 0.717) is 28.0 Å². The fourth-order valence-corrected chi connectivity index (χ4v) is 1.57. The van der Waals surface area contributed by atoms with Gasteiger partial charge >= 0.3 is 0 Å². The Bertz CT molecular complexity index is 404. The van der Waals surface area contributed by atoms with Crippen LogP contribution in [0.25, 0.3) is 0 Å². The van der Waals surface area contributed by atoms with Gasteiger partial charge in [-0.15, -0.1) is 11.6 Å². The van der Waals surface area contributed by atoms with Gasteiger partial charge in [-0.2, -0.15) is 0 Å². The molecule has 0 radical (unpaired) electrons. The lowest BCUT2D eigenvalue weighted by atomic mass is 10.2. The van der Waals surface area contributed by atoms with Crippen LogP contribution in [0.5, 0.6) is 0 Å². The molecule has 0 fully saturated rings. The van der Waals surface area contributed by atoms with Crippen molar-refractivity contribution in [2.75, 3.05) is 12.4 Å². The molecule has 0 heterocycles. The maximum absolute atomic E-state index is 11.7. The smallest absolute Gasteiger partial charge is 0.253 e. The highest BCUT2D eigenvalue weighted by molar-refractivity contribution is 6.35. The minimum atomic E-state index is -0.258. The monoisotopic (exact) mass is 277 g/mol. The topological polar surface area (TPSA) is 29.1 Å². The normalized spacial score (nSPS) is 10.7. The summed E-state index contributed by atoms with van der Waals surface area (Å²) >= 11 is 17.1. The Hall–Kier alpha value is -0.700. The van der Waals surface area contributed by atoms with Gasteiger partial charge < -0.3 is 5.32 Å². The third-order valence-electron chi connectivity index (χ3n) is 1.81. The zero-order chi connectivity index (χ0) is 12.0. The molecule has 0 unspecified atom stereocenters. The molecule has 0 aliphatic rings. The van der Waals surface area contributed by atoms with Gasteiger partial charge in [-0.25, -0.2) is 0 Å². The van der Waals surface area contributed by atoms with Crippen molar-refractivity contribution in [3.05, 3.63) is 46.0 Å². The molecule has 86 valence electrons. The Morgan fingerprint density at radius 1 is 1.31 bits per heavy atom. The van der Waals surface area contributed by atoms with E-state index in [0.717, 1.165) is 0 Å². The van der Waals surface area contributed by atoms with E-state index in [-0.39, 0.29) is 5.91 Å². The lowest BCUT2D eigenvalue weighted by molar-refractivity contribution is 0.0958. The number of carbonyl (C=O) groups excluding carboxylic acids is 1. The third-order valence-corrected chi connectivity index (χ3v) is 2.55. The number of allylic oxidation sites excluding steroid dienone is 1. The predicted octanol–water partition coefficient (Wildman–Crippen LogP) is 3.52. The molecule has 0 bridgehead atoms. The van der Waals surface area contributed by atoms with Crippen LogP contribution < -0.4 is 5.32 Å². The van der Waals surface area contributed by atoms with Crippen molar-refractivity contribution in [3.63, 3.8) is 0 Å². The zero-order valence-electron chi connectivity index (χ0n) is 8.34. The van der Waals surface area contributed by atoms with Gasteiger partial charge in [0.1, 0.15) is 0 Å². The Labute approximate surface area is 109 Å². The van der Waals surface area contributed by atoms with E-state index in [1.165, 1.54) is 6.07 Å². The second-order valence-corrected chi connectivity index (χ2v) is 4.11. The fraction of sp³-hybridized carbons (Fsp3) is 0.182. The summed E-state index contributed by atoms with van der Waals surface area (Å²) in [5, 5.41) is 3.53. The van der Waals surface area contributed by atoms with Crippen molar-refractivity contribution in [3.8, 4) is 0 Å². The molecule has 1 aromatic carbocycles. The predicted molar refractivity (Wildman–Crippen MR) is 68.7 cm³/mol. The van der Waals surface area contributed by atoms with Crippen LogP contribution in [0.2, 0.25) is 10.0 Å². The van der Waals surface area contributed by atoms with Crippen LogP contribution in [-0.2, 0) is 0 Å². The molecule has 16 heavy (non-hydrogen) atoms. The molecular weight excluding hydrogens is 268 g/mol. The van der Waals surface area contributed by atoms with Crippen LogP contribution in [0.15, 0.2) is 30.4 Å². The third kappa shape index (κ3) is 4.05. The Kier molecular flexibility index (Phi) is 5.67. The molecule has 0 aliphatic heterocycles. The van der Waals surface area contributed by atoms with Crippen LogP contribution in [-0.4, -0.2) is 18.3 Å². The zero-order valence-corrected chi connectivity index (χ0v) is 10.6. The van der Waals surface area contributed by atoms with E-state index in [4.69, 9.17) is 34.8 Å². The summed E-state index contributed by atoms with van der Waals surface area (Å²) in [6.45, 7) is 0.411. The van der Waals surface area contributed by atoms with Gasteiger partial charge in [0.15, 0.2) is 0 Å². The molecule has 1 amide bonds. The lowest BCUT2D eigenvalue weighted by Gasteiger charge is -2.04.